The summed E-state index contributed by atoms with van der Waals surface area (Å²) in [7, 11) is 0. The molecule has 1 atom stereocenters. The first-order valence-electron chi connectivity index (χ1n) is 11.2. The van der Waals surface area contributed by atoms with Crippen molar-refractivity contribution in [2.75, 3.05) is 50.9 Å². The minimum absolute atomic E-state index is 0.0986. The number of alkyl carbamates (subject to hydrolysis) is 1. The molecular weight excluding hydrogens is 430 g/mol. The maximum absolute atomic E-state index is 11.9. The molecule has 32 heavy (non-hydrogen) atoms. The van der Waals surface area contributed by atoms with Gasteiger partial charge in [-0.3, -0.25) is 9.69 Å². The first-order chi connectivity index (χ1) is 15.6. The van der Waals surface area contributed by atoms with Crippen molar-refractivity contribution in [3.8, 4) is 5.75 Å². The van der Waals surface area contributed by atoms with Crippen LogP contribution in [0.2, 0.25) is 0 Å². The van der Waals surface area contributed by atoms with E-state index in [4.69, 9.17) is 9.47 Å². The molecule has 1 fully saturated rings. The van der Waals surface area contributed by atoms with Gasteiger partial charge in [-0.25, -0.2) is 4.79 Å². The molecule has 1 saturated heterocycles. The van der Waals surface area contributed by atoms with Crippen molar-refractivity contribution in [1.29, 1.82) is 0 Å². The maximum Gasteiger partial charge on any atom is 0.407 e. The van der Waals surface area contributed by atoms with Crippen molar-refractivity contribution in [3.05, 3.63) is 42.0 Å². The molecule has 0 radical (unpaired) electrons. The fourth-order valence-corrected chi connectivity index (χ4v) is 4.16. The standard InChI is InChI=1S/C23H35N3O5S/c1-2-30-23(28)25-12-16-32(29)19-22(27)24-11-4-7-15-31-21-10-8-9-20(17-21)18-26-13-5-3-6-14-26/h4,7-10,17H,2-3,5-6,11-16,18-19H2,1H3,(H,24,27)(H,25,28)/b7-4-. The molecule has 0 spiro atoms. The maximum atomic E-state index is 11.9. The minimum Gasteiger partial charge on any atom is -0.616 e. The summed E-state index contributed by atoms with van der Waals surface area (Å²) < 4.78 is 22.3. The summed E-state index contributed by atoms with van der Waals surface area (Å²) in [6, 6.07) is 8.17. The van der Waals surface area contributed by atoms with Crippen molar-refractivity contribution in [3.63, 3.8) is 0 Å². The number of nitrogens with zero attached hydrogens (tertiary/aromatic N) is 1. The highest BCUT2D eigenvalue weighted by molar-refractivity contribution is 7.92. The number of ether oxygens (including phenoxy) is 2. The van der Waals surface area contributed by atoms with Gasteiger partial charge in [0.2, 0.25) is 0 Å². The van der Waals surface area contributed by atoms with Crippen LogP contribution in [0.3, 0.4) is 0 Å². The number of carbonyl (C=O) groups is 2. The quantitative estimate of drug-likeness (QED) is 0.342. The molecule has 0 aromatic heterocycles. The van der Waals surface area contributed by atoms with Crippen LogP contribution < -0.4 is 15.4 Å². The summed E-state index contributed by atoms with van der Waals surface area (Å²) in [5.74, 6) is 0.640. The highest BCUT2D eigenvalue weighted by Crippen LogP contribution is 2.17. The van der Waals surface area contributed by atoms with Crippen LogP contribution in [0.15, 0.2) is 36.4 Å². The van der Waals surface area contributed by atoms with Gasteiger partial charge < -0.3 is 24.7 Å². The van der Waals surface area contributed by atoms with Crippen LogP contribution in [0.25, 0.3) is 0 Å². The second-order valence-corrected chi connectivity index (χ2v) is 9.08. The number of benzene rings is 1. The van der Waals surface area contributed by atoms with Crippen molar-refractivity contribution in [2.24, 2.45) is 0 Å². The van der Waals surface area contributed by atoms with E-state index >= 15 is 0 Å². The van der Waals surface area contributed by atoms with E-state index in [9.17, 15) is 14.1 Å². The zero-order valence-corrected chi connectivity index (χ0v) is 19.7. The number of piperidine rings is 1. The second kappa shape index (κ2) is 15.6. The van der Waals surface area contributed by atoms with E-state index < -0.39 is 17.3 Å². The van der Waals surface area contributed by atoms with E-state index in [2.05, 4.69) is 27.7 Å². The number of amides is 2. The number of likely N-dealkylation sites (tertiary alicyclic amines) is 1. The van der Waals surface area contributed by atoms with Gasteiger partial charge in [-0.1, -0.05) is 24.6 Å². The number of rotatable bonds is 13. The first-order valence-corrected chi connectivity index (χ1v) is 12.7. The summed E-state index contributed by atoms with van der Waals surface area (Å²) in [6.45, 7) is 6.23. The van der Waals surface area contributed by atoms with Crippen LogP contribution in [0.5, 0.6) is 5.75 Å². The number of carbonyl (C=O) groups excluding carboxylic acids is 2. The Hall–Kier alpha value is -2.23. The Bertz CT molecular complexity index is 725. The average molecular weight is 466 g/mol. The van der Waals surface area contributed by atoms with Crippen molar-refractivity contribution >= 4 is 23.2 Å². The van der Waals surface area contributed by atoms with E-state index in [1.165, 1.54) is 24.8 Å². The lowest BCUT2D eigenvalue weighted by Gasteiger charge is -2.26. The van der Waals surface area contributed by atoms with Crippen molar-refractivity contribution in [2.45, 2.75) is 32.7 Å². The zero-order chi connectivity index (χ0) is 23.0. The van der Waals surface area contributed by atoms with E-state index in [1.54, 1.807) is 13.0 Å². The van der Waals surface area contributed by atoms with Crippen LogP contribution in [-0.4, -0.2) is 72.4 Å². The molecule has 2 N–H and O–H groups in total. The molecule has 2 amide bonds. The highest BCUT2D eigenvalue weighted by Gasteiger charge is 2.13. The molecule has 0 bridgehead atoms. The van der Waals surface area contributed by atoms with Gasteiger partial charge in [0.25, 0.3) is 5.91 Å². The Morgan fingerprint density at radius 1 is 1.19 bits per heavy atom. The minimum atomic E-state index is -1.34. The molecule has 1 aliphatic heterocycles. The van der Waals surface area contributed by atoms with Crippen molar-refractivity contribution < 1.29 is 23.6 Å². The molecule has 0 saturated carbocycles. The molecule has 1 heterocycles. The van der Waals surface area contributed by atoms with E-state index in [0.29, 0.717) is 13.2 Å². The fourth-order valence-electron chi connectivity index (χ4n) is 3.30. The molecule has 1 unspecified atom stereocenters. The molecule has 1 aromatic carbocycles. The Morgan fingerprint density at radius 2 is 2.00 bits per heavy atom. The summed E-state index contributed by atoms with van der Waals surface area (Å²) in [4.78, 5) is 25.4. The number of nitrogens with one attached hydrogen (secondary N) is 2. The monoisotopic (exact) mass is 465 g/mol. The SMILES string of the molecule is CCOC(=O)NCC[S+]([O-])CC(=O)NC/C=C\COc1cccc(CN2CCCCC2)c1. The van der Waals surface area contributed by atoms with Crippen LogP contribution >= 0.6 is 0 Å². The molecule has 0 aliphatic carbocycles. The van der Waals surface area contributed by atoms with E-state index in [-0.39, 0.29) is 30.6 Å². The molecule has 8 nitrogen and oxygen atoms in total. The van der Waals surface area contributed by atoms with Crippen LogP contribution in [-0.2, 0) is 27.3 Å². The summed E-state index contributed by atoms with van der Waals surface area (Å²) in [5.41, 5.74) is 1.26. The zero-order valence-electron chi connectivity index (χ0n) is 18.8. The molecule has 1 aliphatic rings. The average Bonchev–Trinajstić information content (AvgIpc) is 2.77. The normalized spacial score (nSPS) is 15.3. The molecular formula is C23H35N3O5S. The molecule has 1 aromatic rings. The lowest BCUT2D eigenvalue weighted by molar-refractivity contribution is -0.118. The smallest absolute Gasteiger partial charge is 0.407 e. The fraction of sp³-hybridized carbons (Fsp3) is 0.565. The van der Waals surface area contributed by atoms with Crippen LogP contribution in [0.4, 0.5) is 4.79 Å². The second-order valence-electron chi connectivity index (χ2n) is 7.51. The topological polar surface area (TPSA) is 103 Å². The van der Waals surface area contributed by atoms with Gasteiger partial charge in [0.05, 0.1) is 13.2 Å². The summed E-state index contributed by atoms with van der Waals surface area (Å²) in [5, 5.41) is 5.17. The van der Waals surface area contributed by atoms with Gasteiger partial charge in [0, 0.05) is 13.1 Å². The first kappa shape index (κ1) is 26.0. The predicted octanol–water partition coefficient (Wildman–Crippen LogP) is 2.22. The third kappa shape index (κ3) is 11.4. The van der Waals surface area contributed by atoms with E-state index in [0.717, 1.165) is 25.4 Å². The lowest BCUT2D eigenvalue weighted by Crippen LogP contribution is -2.35. The predicted molar refractivity (Wildman–Crippen MR) is 126 cm³/mol. The van der Waals surface area contributed by atoms with E-state index in [1.807, 2.05) is 18.2 Å². The summed E-state index contributed by atoms with van der Waals surface area (Å²) >= 11 is -1.34. The van der Waals surface area contributed by atoms with Gasteiger partial charge in [0.15, 0.2) is 5.75 Å². The lowest BCUT2D eigenvalue weighted by atomic mass is 10.1. The Balaban J connectivity index is 1.56. The van der Waals surface area contributed by atoms with Gasteiger partial charge in [-0.05, 0) is 67.8 Å². The third-order valence-electron chi connectivity index (χ3n) is 4.85. The number of hydrogen-bond donors (Lipinski definition) is 2. The van der Waals surface area contributed by atoms with Crippen molar-refractivity contribution in [1.82, 2.24) is 15.5 Å². The largest absolute Gasteiger partial charge is 0.616 e. The number of hydrogen-bond acceptors (Lipinski definition) is 6. The Kier molecular flexibility index (Phi) is 12.6. The highest BCUT2D eigenvalue weighted by atomic mass is 32.2. The molecule has 9 heteroatoms. The Labute approximate surface area is 193 Å². The Morgan fingerprint density at radius 3 is 2.78 bits per heavy atom. The van der Waals surface area contributed by atoms with Gasteiger partial charge in [-0.2, -0.15) is 0 Å². The molecule has 2 rings (SSSR count). The van der Waals surface area contributed by atoms with Crippen LogP contribution in [0, 0.1) is 0 Å². The van der Waals surface area contributed by atoms with Gasteiger partial charge >= 0.3 is 6.09 Å². The molecule has 178 valence electrons. The van der Waals surface area contributed by atoms with Gasteiger partial charge in [0.1, 0.15) is 18.1 Å². The summed E-state index contributed by atoms with van der Waals surface area (Å²) in [6.07, 6.45) is 6.99. The third-order valence-corrected chi connectivity index (χ3v) is 6.09. The van der Waals surface area contributed by atoms with Gasteiger partial charge in [-0.15, -0.1) is 0 Å². The van der Waals surface area contributed by atoms with Crippen LogP contribution in [0.1, 0.15) is 31.7 Å².